The summed E-state index contributed by atoms with van der Waals surface area (Å²) in [6.07, 6.45) is 6.62. The fraction of sp³-hybridized carbons (Fsp3) is 0.381. The summed E-state index contributed by atoms with van der Waals surface area (Å²) >= 11 is 1.47. The number of thiazole rings is 1. The van der Waals surface area contributed by atoms with Gasteiger partial charge in [0.25, 0.3) is 5.91 Å². The van der Waals surface area contributed by atoms with Crippen molar-refractivity contribution in [1.82, 2.24) is 4.98 Å². The molecule has 0 aliphatic carbocycles. The summed E-state index contributed by atoms with van der Waals surface area (Å²) in [7, 11) is 0. The number of carbonyl (C=O) groups is 1. The fourth-order valence-electron chi connectivity index (χ4n) is 2.87. The van der Waals surface area contributed by atoms with Gasteiger partial charge in [-0.15, -0.1) is 0 Å². The van der Waals surface area contributed by atoms with Gasteiger partial charge in [-0.3, -0.25) is 4.79 Å². The van der Waals surface area contributed by atoms with Gasteiger partial charge in [0.1, 0.15) is 11.6 Å². The molecule has 2 aromatic rings. The van der Waals surface area contributed by atoms with Crippen molar-refractivity contribution in [1.29, 1.82) is 5.26 Å². The highest BCUT2D eigenvalue weighted by molar-refractivity contribution is 7.16. The van der Waals surface area contributed by atoms with Crippen LogP contribution < -0.4 is 10.2 Å². The van der Waals surface area contributed by atoms with Crippen LogP contribution in [-0.4, -0.2) is 37.2 Å². The lowest BCUT2D eigenvalue weighted by Gasteiger charge is -2.25. The number of anilines is 2. The normalized spacial score (nSPS) is 14.6. The molecule has 1 aromatic heterocycles. The Morgan fingerprint density at radius 2 is 2.11 bits per heavy atom. The largest absolute Gasteiger partial charge is 0.378 e. The lowest BCUT2D eigenvalue weighted by molar-refractivity contribution is -0.112. The molecule has 0 radical (unpaired) electrons. The molecule has 1 aliphatic rings. The molecule has 1 N–H and O–H groups in total. The predicted octanol–water partition coefficient (Wildman–Crippen LogP) is 3.87. The summed E-state index contributed by atoms with van der Waals surface area (Å²) in [6, 6.07) is 9.77. The van der Waals surface area contributed by atoms with E-state index in [4.69, 9.17) is 4.74 Å². The van der Waals surface area contributed by atoms with Gasteiger partial charge >= 0.3 is 0 Å². The molecule has 0 bridgehead atoms. The van der Waals surface area contributed by atoms with E-state index in [1.807, 2.05) is 30.3 Å². The Labute approximate surface area is 169 Å². The van der Waals surface area contributed by atoms with Crippen LogP contribution >= 0.6 is 11.3 Å². The molecular formula is C21H24N4O2S. The van der Waals surface area contributed by atoms with E-state index in [2.05, 4.69) is 22.1 Å². The quantitative estimate of drug-likeness (QED) is 0.568. The zero-order valence-corrected chi connectivity index (χ0v) is 16.8. The zero-order chi connectivity index (χ0) is 19.8. The zero-order valence-electron chi connectivity index (χ0n) is 16.0. The van der Waals surface area contributed by atoms with E-state index in [-0.39, 0.29) is 5.57 Å². The molecule has 1 aliphatic heterocycles. The van der Waals surface area contributed by atoms with Gasteiger partial charge in [-0.05, 0) is 36.6 Å². The molecule has 7 heteroatoms. The van der Waals surface area contributed by atoms with Crippen LogP contribution in [0, 0.1) is 11.3 Å². The topological polar surface area (TPSA) is 78.2 Å². The van der Waals surface area contributed by atoms with Crippen LogP contribution in [0.2, 0.25) is 0 Å². The SMILES string of the molecule is CCCCc1ccc(NC(=O)C(C#N)=Cc2cnc(N3CCOCC3)s2)cc1. The molecule has 28 heavy (non-hydrogen) atoms. The van der Waals surface area contributed by atoms with E-state index in [0.29, 0.717) is 18.9 Å². The Kier molecular flexibility index (Phi) is 7.18. The number of nitrogens with zero attached hydrogens (tertiary/aromatic N) is 3. The van der Waals surface area contributed by atoms with Crippen LogP contribution in [0.25, 0.3) is 6.08 Å². The number of hydrogen-bond donors (Lipinski definition) is 1. The second-order valence-corrected chi connectivity index (χ2v) is 7.61. The molecule has 0 atom stereocenters. The van der Waals surface area contributed by atoms with E-state index in [9.17, 15) is 10.1 Å². The van der Waals surface area contributed by atoms with E-state index in [1.54, 1.807) is 12.3 Å². The molecule has 1 saturated heterocycles. The van der Waals surface area contributed by atoms with Gasteiger partial charge < -0.3 is 15.0 Å². The average molecular weight is 397 g/mol. The molecule has 0 unspecified atom stereocenters. The van der Waals surface area contributed by atoms with Gasteiger partial charge in [0.05, 0.1) is 18.1 Å². The second kappa shape index (κ2) is 10.0. The molecule has 3 rings (SSSR count). The first-order valence-corrected chi connectivity index (χ1v) is 10.3. The first-order valence-electron chi connectivity index (χ1n) is 9.50. The average Bonchev–Trinajstić information content (AvgIpc) is 3.21. The highest BCUT2D eigenvalue weighted by Crippen LogP contribution is 2.25. The van der Waals surface area contributed by atoms with E-state index < -0.39 is 5.91 Å². The van der Waals surface area contributed by atoms with Crippen molar-refractivity contribution in [3.05, 3.63) is 46.5 Å². The molecule has 6 nitrogen and oxygen atoms in total. The van der Waals surface area contributed by atoms with E-state index in [0.717, 1.165) is 42.4 Å². The minimum atomic E-state index is -0.412. The minimum absolute atomic E-state index is 0.0623. The van der Waals surface area contributed by atoms with Crippen molar-refractivity contribution in [2.45, 2.75) is 26.2 Å². The Morgan fingerprint density at radius 3 is 2.79 bits per heavy atom. The maximum Gasteiger partial charge on any atom is 0.266 e. The molecule has 146 valence electrons. The molecule has 1 aromatic carbocycles. The van der Waals surface area contributed by atoms with Gasteiger partial charge in [0, 0.05) is 25.0 Å². The summed E-state index contributed by atoms with van der Waals surface area (Å²) in [5.41, 5.74) is 1.99. The van der Waals surface area contributed by atoms with Crippen molar-refractivity contribution >= 4 is 34.1 Å². The number of nitriles is 1. The van der Waals surface area contributed by atoms with Gasteiger partial charge in [0.2, 0.25) is 0 Å². The third kappa shape index (κ3) is 5.41. The predicted molar refractivity (Wildman–Crippen MR) is 112 cm³/mol. The van der Waals surface area contributed by atoms with Crippen molar-refractivity contribution in [2.75, 3.05) is 36.5 Å². The first-order chi connectivity index (χ1) is 13.7. The van der Waals surface area contributed by atoms with Crippen molar-refractivity contribution < 1.29 is 9.53 Å². The fourth-order valence-corrected chi connectivity index (χ4v) is 3.78. The Balaban J connectivity index is 1.64. The van der Waals surface area contributed by atoms with Crippen molar-refractivity contribution in [2.24, 2.45) is 0 Å². The summed E-state index contributed by atoms with van der Waals surface area (Å²) in [5, 5.41) is 13.1. The number of unbranched alkanes of at least 4 members (excludes halogenated alkanes) is 1. The van der Waals surface area contributed by atoms with Crippen LogP contribution in [0.15, 0.2) is 36.0 Å². The van der Waals surface area contributed by atoms with Crippen LogP contribution in [0.3, 0.4) is 0 Å². The lowest BCUT2D eigenvalue weighted by Crippen LogP contribution is -2.36. The number of hydrogen-bond acceptors (Lipinski definition) is 6. The summed E-state index contributed by atoms with van der Waals surface area (Å²) in [4.78, 5) is 19.8. The third-order valence-electron chi connectivity index (χ3n) is 4.48. The maximum absolute atomic E-state index is 12.5. The number of nitrogens with one attached hydrogen (secondary N) is 1. The number of amides is 1. The number of morpholine rings is 1. The lowest BCUT2D eigenvalue weighted by atomic mass is 10.1. The molecule has 1 fully saturated rings. The molecular weight excluding hydrogens is 372 g/mol. The Bertz CT molecular complexity index is 861. The van der Waals surface area contributed by atoms with Gasteiger partial charge in [-0.2, -0.15) is 5.26 Å². The molecule has 0 saturated carbocycles. The highest BCUT2D eigenvalue weighted by Gasteiger charge is 2.15. The first kappa shape index (κ1) is 20.1. The third-order valence-corrected chi connectivity index (χ3v) is 5.48. The van der Waals surface area contributed by atoms with Crippen molar-refractivity contribution in [3.8, 4) is 6.07 Å². The molecule has 1 amide bonds. The smallest absolute Gasteiger partial charge is 0.266 e. The van der Waals surface area contributed by atoms with E-state index in [1.165, 1.54) is 16.9 Å². The van der Waals surface area contributed by atoms with Gasteiger partial charge in [-0.25, -0.2) is 4.98 Å². The number of aromatic nitrogens is 1. The standard InChI is InChI=1S/C21H24N4O2S/c1-2-3-4-16-5-7-18(8-6-16)24-20(26)17(14-22)13-19-15-23-21(28-19)25-9-11-27-12-10-25/h5-8,13,15H,2-4,9-12H2,1H3,(H,24,26). The van der Waals surface area contributed by atoms with Crippen molar-refractivity contribution in [3.63, 3.8) is 0 Å². The molecule has 2 heterocycles. The number of aryl methyl sites for hydroxylation is 1. The Morgan fingerprint density at radius 1 is 1.36 bits per heavy atom. The number of ether oxygens (including phenoxy) is 1. The van der Waals surface area contributed by atoms with Crippen LogP contribution in [0.5, 0.6) is 0 Å². The van der Waals surface area contributed by atoms with Crippen LogP contribution in [0.1, 0.15) is 30.2 Å². The number of benzene rings is 1. The van der Waals surface area contributed by atoms with E-state index >= 15 is 0 Å². The Hall–Kier alpha value is -2.69. The number of rotatable bonds is 7. The number of carbonyl (C=O) groups excluding carboxylic acids is 1. The summed E-state index contributed by atoms with van der Waals surface area (Å²) in [6.45, 7) is 5.14. The molecule has 0 spiro atoms. The maximum atomic E-state index is 12.5. The highest BCUT2D eigenvalue weighted by atomic mass is 32.1. The summed E-state index contributed by atoms with van der Waals surface area (Å²) < 4.78 is 5.35. The summed E-state index contributed by atoms with van der Waals surface area (Å²) in [5.74, 6) is -0.412. The monoisotopic (exact) mass is 396 g/mol. The van der Waals surface area contributed by atoms with Gasteiger partial charge in [-0.1, -0.05) is 36.8 Å². The van der Waals surface area contributed by atoms with Gasteiger partial charge in [0.15, 0.2) is 5.13 Å². The van der Waals surface area contributed by atoms with Crippen LogP contribution in [-0.2, 0) is 16.0 Å². The second-order valence-electron chi connectivity index (χ2n) is 6.57. The van der Waals surface area contributed by atoms with Crippen LogP contribution in [0.4, 0.5) is 10.8 Å². The minimum Gasteiger partial charge on any atom is -0.378 e.